The molecule has 0 unspecified atom stereocenters. The molecule has 0 radical (unpaired) electrons. The average Bonchev–Trinajstić information content (AvgIpc) is 3.01. The number of aromatic nitrogens is 3. The zero-order chi connectivity index (χ0) is 18.5. The van der Waals surface area contributed by atoms with Gasteiger partial charge in [0, 0.05) is 31.2 Å². The number of hydrogen-bond acceptors (Lipinski definition) is 6. The Kier molecular flexibility index (Phi) is 5.62. The lowest BCUT2D eigenvalue weighted by Crippen LogP contribution is -2.16. The van der Waals surface area contributed by atoms with Crippen LogP contribution in [0.5, 0.6) is 5.75 Å². The third-order valence-electron chi connectivity index (χ3n) is 3.63. The highest BCUT2D eigenvalue weighted by Crippen LogP contribution is 2.19. The third-order valence-corrected chi connectivity index (χ3v) is 4.59. The number of fused-ring (bicyclic) bond motifs is 1. The first kappa shape index (κ1) is 18.1. The minimum atomic E-state index is -0.209. The number of carbonyl (C=O) groups is 1. The lowest BCUT2D eigenvalue weighted by molar-refractivity contribution is -0.114. The summed E-state index contributed by atoms with van der Waals surface area (Å²) in [6.07, 6.45) is 2.97. The Labute approximate surface area is 154 Å². The van der Waals surface area contributed by atoms with Crippen molar-refractivity contribution in [2.45, 2.75) is 39.7 Å². The lowest BCUT2D eigenvalue weighted by atomic mass is 10.3. The van der Waals surface area contributed by atoms with Gasteiger partial charge in [-0.05, 0) is 18.6 Å². The molecule has 0 spiro atoms. The quantitative estimate of drug-likeness (QED) is 0.689. The van der Waals surface area contributed by atoms with Crippen LogP contribution in [0.15, 0.2) is 35.1 Å². The van der Waals surface area contributed by atoms with E-state index >= 15 is 0 Å². The summed E-state index contributed by atoms with van der Waals surface area (Å²) in [7, 11) is 0. The minimum Gasteiger partial charge on any atom is -0.487 e. The molecule has 0 bridgehead atoms. The van der Waals surface area contributed by atoms with Crippen molar-refractivity contribution in [3.63, 3.8) is 0 Å². The molecule has 26 heavy (non-hydrogen) atoms. The van der Waals surface area contributed by atoms with Crippen LogP contribution in [0.3, 0.4) is 0 Å². The van der Waals surface area contributed by atoms with Gasteiger partial charge >= 0.3 is 0 Å². The van der Waals surface area contributed by atoms with E-state index in [9.17, 15) is 9.59 Å². The van der Waals surface area contributed by atoms with Crippen LogP contribution in [-0.2, 0) is 17.8 Å². The molecule has 0 saturated carbocycles. The highest BCUT2D eigenvalue weighted by molar-refractivity contribution is 7.16. The van der Waals surface area contributed by atoms with Crippen LogP contribution >= 0.6 is 11.3 Å². The van der Waals surface area contributed by atoms with E-state index < -0.39 is 0 Å². The third kappa shape index (κ3) is 4.45. The fraction of sp³-hybridized carbons (Fsp3) is 0.333. The van der Waals surface area contributed by atoms with Gasteiger partial charge in [-0.15, -0.1) is 0 Å². The van der Waals surface area contributed by atoms with Crippen LogP contribution < -0.4 is 15.6 Å². The number of aryl methyl sites for hydroxylation is 1. The monoisotopic (exact) mass is 372 g/mol. The van der Waals surface area contributed by atoms with Crippen molar-refractivity contribution >= 4 is 27.9 Å². The van der Waals surface area contributed by atoms with Gasteiger partial charge in [0.25, 0.3) is 5.56 Å². The normalized spacial score (nSPS) is 10.8. The Morgan fingerprint density at radius 1 is 1.35 bits per heavy atom. The van der Waals surface area contributed by atoms with Crippen LogP contribution in [0.2, 0.25) is 0 Å². The lowest BCUT2D eigenvalue weighted by Gasteiger charge is -2.08. The van der Waals surface area contributed by atoms with Gasteiger partial charge in [0.05, 0.1) is 5.69 Å². The number of ether oxygens (including phenoxy) is 1. The minimum absolute atomic E-state index is 0.147. The largest absolute Gasteiger partial charge is 0.487 e. The summed E-state index contributed by atoms with van der Waals surface area (Å²) in [4.78, 5) is 28.4. The fourth-order valence-electron chi connectivity index (χ4n) is 2.42. The Morgan fingerprint density at radius 2 is 2.19 bits per heavy atom. The standard InChI is InChI=1S/C18H20N4O3S/c1-3-4-8-16-21-22-17(24)10-14(20-18(22)26-16)11-25-15-7-5-6-13(9-15)19-12(2)23/h5-7,9-10H,3-4,8,11H2,1-2H3,(H,19,23). The van der Waals surface area contributed by atoms with E-state index in [1.807, 2.05) is 0 Å². The van der Waals surface area contributed by atoms with Crippen LogP contribution in [0.1, 0.15) is 37.4 Å². The number of amides is 1. The van der Waals surface area contributed by atoms with Gasteiger partial charge in [0.2, 0.25) is 10.9 Å². The molecule has 0 aliphatic rings. The second-order valence-corrected chi connectivity index (χ2v) is 6.92. The van der Waals surface area contributed by atoms with Crippen molar-refractivity contribution in [1.29, 1.82) is 0 Å². The summed E-state index contributed by atoms with van der Waals surface area (Å²) in [6.45, 7) is 3.73. The number of anilines is 1. The second kappa shape index (κ2) is 8.09. The van der Waals surface area contributed by atoms with Gasteiger partial charge in [-0.1, -0.05) is 30.7 Å². The molecule has 7 nitrogen and oxygen atoms in total. The number of carbonyl (C=O) groups excluding carboxylic acids is 1. The molecule has 0 fully saturated rings. The van der Waals surface area contributed by atoms with Crippen molar-refractivity contribution in [2.75, 3.05) is 5.32 Å². The number of unbranched alkanes of at least 4 members (excludes halogenated alkanes) is 1. The molecule has 3 aromatic rings. The Hall–Kier alpha value is -2.74. The van der Waals surface area contributed by atoms with Crippen molar-refractivity contribution in [3.05, 3.63) is 51.4 Å². The molecule has 0 atom stereocenters. The van der Waals surface area contributed by atoms with E-state index in [4.69, 9.17) is 4.74 Å². The Morgan fingerprint density at radius 3 is 2.96 bits per heavy atom. The number of benzene rings is 1. The smallest absolute Gasteiger partial charge is 0.275 e. The van der Waals surface area contributed by atoms with Crippen molar-refractivity contribution in [3.8, 4) is 5.75 Å². The molecular formula is C18H20N4O3S. The van der Waals surface area contributed by atoms with E-state index in [2.05, 4.69) is 22.3 Å². The Bertz CT molecular complexity index is 980. The molecular weight excluding hydrogens is 352 g/mol. The number of nitrogens with zero attached hydrogens (tertiary/aromatic N) is 3. The average molecular weight is 372 g/mol. The van der Waals surface area contributed by atoms with E-state index in [1.54, 1.807) is 24.3 Å². The van der Waals surface area contributed by atoms with Gasteiger partial charge in [-0.3, -0.25) is 9.59 Å². The van der Waals surface area contributed by atoms with E-state index in [-0.39, 0.29) is 18.1 Å². The second-order valence-electron chi connectivity index (χ2n) is 5.88. The van der Waals surface area contributed by atoms with E-state index in [1.165, 1.54) is 28.8 Å². The van der Waals surface area contributed by atoms with Crippen LogP contribution in [0.25, 0.3) is 4.96 Å². The molecule has 136 valence electrons. The molecule has 1 amide bonds. The van der Waals surface area contributed by atoms with Gasteiger partial charge in [-0.25, -0.2) is 4.98 Å². The van der Waals surface area contributed by atoms with Gasteiger partial charge in [0.1, 0.15) is 17.4 Å². The summed E-state index contributed by atoms with van der Waals surface area (Å²) in [6, 6.07) is 8.51. The number of nitrogens with one attached hydrogen (secondary N) is 1. The summed E-state index contributed by atoms with van der Waals surface area (Å²) in [5, 5.41) is 7.94. The first-order valence-corrected chi connectivity index (χ1v) is 9.26. The highest BCUT2D eigenvalue weighted by Gasteiger charge is 2.09. The molecule has 8 heteroatoms. The fourth-order valence-corrected chi connectivity index (χ4v) is 3.38. The summed E-state index contributed by atoms with van der Waals surface area (Å²) >= 11 is 1.43. The molecule has 2 heterocycles. The Balaban J connectivity index is 1.74. The van der Waals surface area contributed by atoms with Crippen LogP contribution in [0, 0.1) is 0 Å². The molecule has 3 rings (SSSR count). The summed E-state index contributed by atoms with van der Waals surface area (Å²) in [5.41, 5.74) is 0.992. The molecule has 1 aromatic carbocycles. The predicted molar refractivity (Wildman–Crippen MR) is 101 cm³/mol. The maximum absolute atomic E-state index is 12.2. The first-order chi connectivity index (χ1) is 12.5. The molecule has 0 aliphatic heterocycles. The molecule has 2 aromatic heterocycles. The van der Waals surface area contributed by atoms with Crippen LogP contribution in [-0.4, -0.2) is 20.5 Å². The predicted octanol–water partition coefficient (Wildman–Crippen LogP) is 3.03. The summed E-state index contributed by atoms with van der Waals surface area (Å²) in [5.74, 6) is 0.442. The topological polar surface area (TPSA) is 85.6 Å². The van der Waals surface area contributed by atoms with Crippen molar-refractivity contribution < 1.29 is 9.53 Å². The highest BCUT2D eigenvalue weighted by atomic mass is 32.1. The van der Waals surface area contributed by atoms with E-state index in [0.717, 1.165) is 24.3 Å². The molecule has 0 aliphatic carbocycles. The zero-order valence-corrected chi connectivity index (χ0v) is 15.5. The van der Waals surface area contributed by atoms with E-state index in [0.29, 0.717) is 22.1 Å². The molecule has 1 N–H and O–H groups in total. The molecule has 0 saturated heterocycles. The van der Waals surface area contributed by atoms with Crippen molar-refractivity contribution in [2.24, 2.45) is 0 Å². The first-order valence-electron chi connectivity index (χ1n) is 8.44. The zero-order valence-electron chi connectivity index (χ0n) is 14.7. The van der Waals surface area contributed by atoms with Gasteiger partial charge in [0.15, 0.2) is 0 Å². The maximum atomic E-state index is 12.2. The summed E-state index contributed by atoms with van der Waals surface area (Å²) < 4.78 is 7.06. The SMILES string of the molecule is CCCCc1nn2c(=O)cc(COc3cccc(NC(C)=O)c3)nc2s1. The number of rotatable bonds is 7. The van der Waals surface area contributed by atoms with Gasteiger partial charge in [-0.2, -0.15) is 9.61 Å². The van der Waals surface area contributed by atoms with Crippen molar-refractivity contribution in [1.82, 2.24) is 14.6 Å². The van der Waals surface area contributed by atoms with Crippen LogP contribution in [0.4, 0.5) is 5.69 Å². The number of hydrogen-bond donors (Lipinski definition) is 1. The van der Waals surface area contributed by atoms with Gasteiger partial charge < -0.3 is 10.1 Å². The maximum Gasteiger partial charge on any atom is 0.275 e.